The van der Waals surface area contributed by atoms with Gasteiger partial charge in [-0.15, -0.1) is 6.58 Å². The lowest BCUT2D eigenvalue weighted by atomic mass is 9.89. The maximum absolute atomic E-state index is 13.3. The normalized spacial score (nSPS) is 21.9. The number of carbonyl (C=O) groups excluding carboxylic acids is 1. The molecule has 1 atom stereocenters. The summed E-state index contributed by atoms with van der Waals surface area (Å²) in [6.07, 6.45) is 7.13. The number of fused-ring (bicyclic) bond motifs is 1. The van der Waals surface area contributed by atoms with Crippen LogP contribution in [-0.2, 0) is 30.7 Å². The second kappa shape index (κ2) is 10.8. The van der Waals surface area contributed by atoms with E-state index in [4.69, 9.17) is 9.84 Å². The second-order valence-corrected chi connectivity index (χ2v) is 9.79. The van der Waals surface area contributed by atoms with Crippen molar-refractivity contribution in [2.75, 3.05) is 39.4 Å². The Labute approximate surface area is 202 Å². The van der Waals surface area contributed by atoms with Crippen LogP contribution in [0.3, 0.4) is 0 Å². The zero-order valence-electron chi connectivity index (χ0n) is 20.1. The Hall–Kier alpha value is -2.48. The van der Waals surface area contributed by atoms with Crippen molar-refractivity contribution in [3.63, 3.8) is 0 Å². The fourth-order valence-electron chi connectivity index (χ4n) is 5.62. The minimum absolute atomic E-state index is 0.0530. The summed E-state index contributed by atoms with van der Waals surface area (Å²) >= 11 is 0. The molecule has 1 amide bonds. The highest BCUT2D eigenvalue weighted by molar-refractivity contribution is 5.94. The number of allylic oxidation sites excluding steroid dienone is 1. The number of hydrogen-bond donors (Lipinski definition) is 1. The summed E-state index contributed by atoms with van der Waals surface area (Å²) < 4.78 is 7.43. The summed E-state index contributed by atoms with van der Waals surface area (Å²) in [6.45, 7) is 10.3. The predicted molar refractivity (Wildman–Crippen MR) is 133 cm³/mol. The molecule has 2 fully saturated rings. The molecule has 0 spiro atoms. The molecule has 1 aliphatic carbocycles. The van der Waals surface area contributed by atoms with Crippen molar-refractivity contribution in [3.8, 4) is 0 Å². The first kappa shape index (κ1) is 23.3. The Balaban J connectivity index is 1.21. The molecule has 3 heterocycles. The molecular formula is C27H37N5O2. The molecule has 1 aromatic heterocycles. The van der Waals surface area contributed by atoms with Gasteiger partial charge in [-0.05, 0) is 50.8 Å². The molecule has 1 N–H and O–H groups in total. The van der Waals surface area contributed by atoms with Gasteiger partial charge in [-0.1, -0.05) is 36.4 Å². The number of aromatic nitrogens is 2. The SMILES string of the molecule is C=CCn1nc(C(=O)N2CCOCC2)c2c1CC[C@@H](NC1CCN(Cc3ccccc3)CC1)C2. The Kier molecular flexibility index (Phi) is 7.42. The number of likely N-dealkylation sites (tertiary alicyclic amines) is 1. The van der Waals surface area contributed by atoms with Crippen molar-refractivity contribution in [1.29, 1.82) is 0 Å². The number of hydrogen-bond acceptors (Lipinski definition) is 5. The molecular weight excluding hydrogens is 426 g/mol. The molecule has 2 saturated heterocycles. The number of benzene rings is 1. The van der Waals surface area contributed by atoms with E-state index < -0.39 is 0 Å². The molecule has 7 nitrogen and oxygen atoms in total. The van der Waals surface area contributed by atoms with Crippen LogP contribution in [0.2, 0.25) is 0 Å². The van der Waals surface area contributed by atoms with Gasteiger partial charge in [-0.2, -0.15) is 5.10 Å². The van der Waals surface area contributed by atoms with E-state index in [2.05, 4.69) is 47.1 Å². The van der Waals surface area contributed by atoms with Gasteiger partial charge in [0.2, 0.25) is 0 Å². The van der Waals surface area contributed by atoms with E-state index in [0.29, 0.717) is 50.6 Å². The third-order valence-corrected chi connectivity index (χ3v) is 7.46. The van der Waals surface area contributed by atoms with E-state index in [-0.39, 0.29) is 5.91 Å². The lowest BCUT2D eigenvalue weighted by Gasteiger charge is -2.36. The van der Waals surface area contributed by atoms with Crippen molar-refractivity contribution in [2.24, 2.45) is 0 Å². The molecule has 182 valence electrons. The van der Waals surface area contributed by atoms with E-state index in [0.717, 1.165) is 44.5 Å². The topological polar surface area (TPSA) is 62.6 Å². The standard InChI is InChI=1S/C27H37N5O2/c1-2-12-32-25-9-8-23(19-24(25)26(29-32)27(33)31-15-17-34-18-16-31)28-22-10-13-30(14-11-22)20-21-6-4-3-5-7-21/h2-7,22-23,28H,1,8-20H2/t23-/m1/s1. The fourth-order valence-corrected chi connectivity index (χ4v) is 5.62. The van der Waals surface area contributed by atoms with Crippen molar-refractivity contribution in [2.45, 2.75) is 57.3 Å². The molecule has 34 heavy (non-hydrogen) atoms. The minimum Gasteiger partial charge on any atom is -0.378 e. The van der Waals surface area contributed by atoms with E-state index in [1.54, 1.807) is 0 Å². The summed E-state index contributed by atoms with van der Waals surface area (Å²) in [5, 5.41) is 8.71. The number of amides is 1. The summed E-state index contributed by atoms with van der Waals surface area (Å²) in [5.74, 6) is 0.0530. The predicted octanol–water partition coefficient (Wildman–Crippen LogP) is 2.65. The Morgan fingerprint density at radius 2 is 1.85 bits per heavy atom. The smallest absolute Gasteiger partial charge is 0.274 e. The zero-order valence-corrected chi connectivity index (χ0v) is 20.1. The molecule has 0 unspecified atom stereocenters. The van der Waals surface area contributed by atoms with Gasteiger partial charge >= 0.3 is 0 Å². The molecule has 0 saturated carbocycles. The number of piperidine rings is 1. The fraction of sp³-hybridized carbons (Fsp3) is 0.556. The zero-order chi connectivity index (χ0) is 23.3. The highest BCUT2D eigenvalue weighted by Gasteiger charge is 2.32. The van der Waals surface area contributed by atoms with Crippen molar-refractivity contribution in [3.05, 3.63) is 65.5 Å². The average molecular weight is 464 g/mol. The van der Waals surface area contributed by atoms with E-state index in [1.807, 2.05) is 15.7 Å². The van der Waals surface area contributed by atoms with Gasteiger partial charge < -0.3 is 15.0 Å². The van der Waals surface area contributed by atoms with Crippen LogP contribution in [0.5, 0.6) is 0 Å². The molecule has 7 heteroatoms. The average Bonchev–Trinajstić information content (AvgIpc) is 3.24. The van der Waals surface area contributed by atoms with Crippen LogP contribution in [0.15, 0.2) is 43.0 Å². The van der Waals surface area contributed by atoms with Gasteiger partial charge in [0.25, 0.3) is 5.91 Å². The molecule has 0 radical (unpaired) electrons. The molecule has 2 aliphatic heterocycles. The highest BCUT2D eigenvalue weighted by atomic mass is 16.5. The number of morpholine rings is 1. The number of nitrogens with one attached hydrogen (secondary N) is 1. The van der Waals surface area contributed by atoms with Gasteiger partial charge in [0.1, 0.15) is 0 Å². The van der Waals surface area contributed by atoms with Crippen molar-refractivity contribution in [1.82, 2.24) is 24.9 Å². The van der Waals surface area contributed by atoms with Gasteiger partial charge in [0.15, 0.2) is 5.69 Å². The molecule has 1 aromatic carbocycles. The lowest BCUT2D eigenvalue weighted by Crippen LogP contribution is -2.47. The van der Waals surface area contributed by atoms with Gasteiger partial charge in [0, 0.05) is 43.0 Å². The Bertz CT molecular complexity index is 974. The van der Waals surface area contributed by atoms with Gasteiger partial charge in [-0.3, -0.25) is 14.4 Å². The van der Waals surface area contributed by atoms with Crippen LogP contribution < -0.4 is 5.32 Å². The van der Waals surface area contributed by atoms with E-state index in [9.17, 15) is 4.79 Å². The first-order valence-corrected chi connectivity index (χ1v) is 12.8. The number of nitrogens with zero attached hydrogens (tertiary/aromatic N) is 4. The molecule has 3 aliphatic rings. The maximum Gasteiger partial charge on any atom is 0.274 e. The largest absolute Gasteiger partial charge is 0.378 e. The molecule has 0 bridgehead atoms. The van der Waals surface area contributed by atoms with Crippen molar-refractivity contribution >= 4 is 5.91 Å². The third-order valence-electron chi connectivity index (χ3n) is 7.46. The van der Waals surface area contributed by atoms with E-state index in [1.165, 1.54) is 24.1 Å². The number of ether oxygens (including phenoxy) is 1. The Morgan fingerprint density at radius 3 is 2.59 bits per heavy atom. The van der Waals surface area contributed by atoms with E-state index >= 15 is 0 Å². The quantitative estimate of drug-likeness (QED) is 0.640. The van der Waals surface area contributed by atoms with Gasteiger partial charge in [-0.25, -0.2) is 0 Å². The highest BCUT2D eigenvalue weighted by Crippen LogP contribution is 2.27. The monoisotopic (exact) mass is 463 g/mol. The second-order valence-electron chi connectivity index (χ2n) is 9.79. The van der Waals surface area contributed by atoms with Crippen LogP contribution in [-0.4, -0.2) is 77.0 Å². The maximum atomic E-state index is 13.3. The van der Waals surface area contributed by atoms with Gasteiger partial charge in [0.05, 0.1) is 19.8 Å². The summed E-state index contributed by atoms with van der Waals surface area (Å²) in [4.78, 5) is 17.8. The Morgan fingerprint density at radius 1 is 1.09 bits per heavy atom. The molecule has 2 aromatic rings. The van der Waals surface area contributed by atoms with Crippen LogP contribution >= 0.6 is 0 Å². The summed E-state index contributed by atoms with van der Waals surface area (Å²) in [7, 11) is 0. The van der Waals surface area contributed by atoms with Crippen LogP contribution in [0, 0.1) is 0 Å². The first-order chi connectivity index (χ1) is 16.7. The summed E-state index contributed by atoms with van der Waals surface area (Å²) in [5.41, 5.74) is 4.39. The lowest BCUT2D eigenvalue weighted by molar-refractivity contribution is 0.0297. The van der Waals surface area contributed by atoms with Crippen molar-refractivity contribution < 1.29 is 9.53 Å². The van der Waals surface area contributed by atoms with Crippen LogP contribution in [0.4, 0.5) is 0 Å². The molecule has 5 rings (SSSR count). The van der Waals surface area contributed by atoms with Crippen LogP contribution in [0.25, 0.3) is 0 Å². The summed E-state index contributed by atoms with van der Waals surface area (Å²) in [6, 6.07) is 11.7. The number of rotatable bonds is 7. The van der Waals surface area contributed by atoms with Crippen LogP contribution in [0.1, 0.15) is 46.6 Å². The number of carbonyl (C=O) groups is 1. The third kappa shape index (κ3) is 5.27. The minimum atomic E-state index is 0.0530. The first-order valence-electron chi connectivity index (χ1n) is 12.8.